The number of rotatable bonds is 7. The van der Waals surface area contributed by atoms with Gasteiger partial charge in [-0.25, -0.2) is 0 Å². The fraction of sp³-hybridized carbons (Fsp3) is 0.778. The Morgan fingerprint density at radius 1 is 1.15 bits per heavy atom. The molecule has 0 bridgehead atoms. The molecule has 0 aromatic heterocycles. The Hall–Kier alpha value is -1.06. The van der Waals surface area contributed by atoms with Gasteiger partial charge < -0.3 is 10.2 Å². The van der Waals surface area contributed by atoms with Crippen LogP contribution in [-0.4, -0.2) is 22.2 Å². The van der Waals surface area contributed by atoms with Gasteiger partial charge in [-0.2, -0.15) is 0 Å². The molecular weight excluding hydrogens is 172 g/mol. The van der Waals surface area contributed by atoms with Gasteiger partial charge in [-0.1, -0.05) is 19.8 Å². The number of hydrogen-bond acceptors (Lipinski definition) is 2. The van der Waals surface area contributed by atoms with Crippen molar-refractivity contribution in [2.45, 2.75) is 39.0 Å². The predicted octanol–water partition coefficient (Wildman–Crippen LogP) is 1.74. The normalized spacial score (nSPS) is 12.4. The van der Waals surface area contributed by atoms with Crippen molar-refractivity contribution in [1.29, 1.82) is 0 Å². The number of hydrogen-bond donors (Lipinski definition) is 2. The molecule has 0 aromatic carbocycles. The summed E-state index contributed by atoms with van der Waals surface area (Å²) in [4.78, 5) is 20.6. The zero-order valence-electron chi connectivity index (χ0n) is 7.82. The zero-order valence-corrected chi connectivity index (χ0v) is 7.82. The molecule has 0 saturated carbocycles. The minimum Gasteiger partial charge on any atom is -0.481 e. The molecule has 0 radical (unpaired) electrons. The summed E-state index contributed by atoms with van der Waals surface area (Å²) in [5.74, 6) is -1.69. The molecule has 0 amide bonds. The van der Waals surface area contributed by atoms with Crippen molar-refractivity contribution in [2.75, 3.05) is 0 Å². The molecule has 0 rings (SSSR count). The van der Waals surface area contributed by atoms with Crippen LogP contribution in [-0.2, 0) is 9.59 Å². The van der Waals surface area contributed by atoms with Gasteiger partial charge in [-0.3, -0.25) is 9.59 Å². The predicted molar refractivity (Wildman–Crippen MR) is 47.5 cm³/mol. The fourth-order valence-corrected chi connectivity index (χ4v) is 1.33. The van der Waals surface area contributed by atoms with Gasteiger partial charge in [0.1, 0.15) is 0 Å². The van der Waals surface area contributed by atoms with E-state index in [1.54, 1.807) is 0 Å². The standard InChI is InChI=1S/C9H16O4/c1-2-3-7(6-9(12)13)4-5-8(10)11/h7H,2-6H2,1H3,(H,10,11)(H,12,13). The molecule has 0 saturated heterocycles. The van der Waals surface area contributed by atoms with E-state index in [4.69, 9.17) is 10.2 Å². The van der Waals surface area contributed by atoms with Crippen molar-refractivity contribution in [2.24, 2.45) is 5.92 Å². The maximum absolute atomic E-state index is 10.4. The van der Waals surface area contributed by atoms with E-state index in [2.05, 4.69) is 0 Å². The van der Waals surface area contributed by atoms with Gasteiger partial charge in [0, 0.05) is 12.8 Å². The van der Waals surface area contributed by atoms with Crippen molar-refractivity contribution in [3.8, 4) is 0 Å². The molecule has 0 spiro atoms. The first-order valence-electron chi connectivity index (χ1n) is 4.49. The molecule has 1 atom stereocenters. The molecule has 13 heavy (non-hydrogen) atoms. The van der Waals surface area contributed by atoms with Crippen molar-refractivity contribution < 1.29 is 19.8 Å². The molecule has 0 heterocycles. The first kappa shape index (κ1) is 11.9. The van der Waals surface area contributed by atoms with Gasteiger partial charge in [-0.15, -0.1) is 0 Å². The Morgan fingerprint density at radius 2 is 1.77 bits per heavy atom. The van der Waals surface area contributed by atoms with E-state index in [1.165, 1.54) is 0 Å². The Morgan fingerprint density at radius 3 is 2.15 bits per heavy atom. The summed E-state index contributed by atoms with van der Waals surface area (Å²) in [7, 11) is 0. The van der Waals surface area contributed by atoms with Gasteiger partial charge in [-0.05, 0) is 12.3 Å². The Labute approximate surface area is 77.6 Å². The van der Waals surface area contributed by atoms with Crippen molar-refractivity contribution in [3.05, 3.63) is 0 Å². The molecule has 4 nitrogen and oxygen atoms in total. The topological polar surface area (TPSA) is 74.6 Å². The van der Waals surface area contributed by atoms with Crippen LogP contribution in [0.5, 0.6) is 0 Å². The van der Waals surface area contributed by atoms with Crippen LogP contribution >= 0.6 is 0 Å². The lowest BCUT2D eigenvalue weighted by molar-refractivity contribution is -0.140. The Balaban J connectivity index is 3.79. The lowest BCUT2D eigenvalue weighted by Crippen LogP contribution is -2.09. The summed E-state index contributed by atoms with van der Waals surface area (Å²) in [5.41, 5.74) is 0. The van der Waals surface area contributed by atoms with Gasteiger partial charge in [0.05, 0.1) is 0 Å². The van der Waals surface area contributed by atoms with E-state index in [1.807, 2.05) is 6.92 Å². The summed E-state index contributed by atoms with van der Waals surface area (Å²) in [6.07, 6.45) is 2.31. The molecular formula is C9H16O4. The molecule has 76 valence electrons. The number of aliphatic carboxylic acids is 2. The third kappa shape index (κ3) is 7.31. The van der Waals surface area contributed by atoms with E-state index in [-0.39, 0.29) is 18.8 Å². The van der Waals surface area contributed by atoms with Crippen LogP contribution in [0.4, 0.5) is 0 Å². The molecule has 0 aliphatic heterocycles. The third-order valence-corrected chi connectivity index (χ3v) is 1.93. The Bertz CT molecular complexity index is 176. The molecule has 0 fully saturated rings. The van der Waals surface area contributed by atoms with Gasteiger partial charge >= 0.3 is 11.9 Å². The number of carboxylic acid groups (broad SMARTS) is 2. The van der Waals surface area contributed by atoms with Crippen LogP contribution < -0.4 is 0 Å². The lowest BCUT2D eigenvalue weighted by Gasteiger charge is -2.11. The zero-order chi connectivity index (χ0) is 10.3. The van der Waals surface area contributed by atoms with Crippen LogP contribution in [0.1, 0.15) is 39.0 Å². The smallest absolute Gasteiger partial charge is 0.303 e. The molecule has 2 N–H and O–H groups in total. The van der Waals surface area contributed by atoms with Gasteiger partial charge in [0.2, 0.25) is 0 Å². The summed E-state index contributed by atoms with van der Waals surface area (Å²) >= 11 is 0. The van der Waals surface area contributed by atoms with Crippen LogP contribution in [0.3, 0.4) is 0 Å². The highest BCUT2D eigenvalue weighted by molar-refractivity contribution is 5.68. The largest absolute Gasteiger partial charge is 0.481 e. The minimum atomic E-state index is -0.855. The van der Waals surface area contributed by atoms with E-state index in [0.29, 0.717) is 6.42 Å². The SMILES string of the molecule is CCCC(CCC(=O)O)CC(=O)O. The summed E-state index contributed by atoms with van der Waals surface area (Å²) in [6, 6.07) is 0. The quantitative estimate of drug-likeness (QED) is 0.638. The second kappa shape index (κ2) is 6.46. The van der Waals surface area contributed by atoms with E-state index < -0.39 is 11.9 Å². The summed E-state index contributed by atoms with van der Waals surface area (Å²) in [6.45, 7) is 1.97. The molecule has 0 aromatic rings. The van der Waals surface area contributed by atoms with E-state index in [0.717, 1.165) is 12.8 Å². The monoisotopic (exact) mass is 188 g/mol. The first-order chi connectivity index (χ1) is 6.06. The minimum absolute atomic E-state index is 0.0126. The molecule has 0 aliphatic carbocycles. The second-order valence-electron chi connectivity index (χ2n) is 3.18. The van der Waals surface area contributed by atoms with Crippen molar-refractivity contribution in [1.82, 2.24) is 0 Å². The maximum Gasteiger partial charge on any atom is 0.303 e. The highest BCUT2D eigenvalue weighted by Crippen LogP contribution is 2.17. The van der Waals surface area contributed by atoms with Gasteiger partial charge in [0.15, 0.2) is 0 Å². The van der Waals surface area contributed by atoms with Gasteiger partial charge in [0.25, 0.3) is 0 Å². The van der Waals surface area contributed by atoms with Crippen molar-refractivity contribution in [3.63, 3.8) is 0 Å². The highest BCUT2D eigenvalue weighted by Gasteiger charge is 2.13. The van der Waals surface area contributed by atoms with E-state index in [9.17, 15) is 9.59 Å². The van der Waals surface area contributed by atoms with Crippen LogP contribution in [0, 0.1) is 5.92 Å². The fourth-order valence-electron chi connectivity index (χ4n) is 1.33. The highest BCUT2D eigenvalue weighted by atomic mass is 16.4. The summed E-state index contributed by atoms with van der Waals surface area (Å²) in [5, 5.41) is 16.9. The van der Waals surface area contributed by atoms with E-state index >= 15 is 0 Å². The third-order valence-electron chi connectivity index (χ3n) is 1.93. The van der Waals surface area contributed by atoms with Crippen LogP contribution in [0.25, 0.3) is 0 Å². The summed E-state index contributed by atoms with van der Waals surface area (Å²) < 4.78 is 0. The molecule has 1 unspecified atom stereocenters. The van der Waals surface area contributed by atoms with Crippen LogP contribution in [0.15, 0.2) is 0 Å². The maximum atomic E-state index is 10.4. The first-order valence-corrected chi connectivity index (χ1v) is 4.49. The average Bonchev–Trinajstić information content (AvgIpc) is 1.99. The van der Waals surface area contributed by atoms with Crippen LogP contribution in [0.2, 0.25) is 0 Å². The number of carbonyl (C=O) groups is 2. The molecule has 0 aliphatic rings. The molecule has 4 heteroatoms. The average molecular weight is 188 g/mol. The lowest BCUT2D eigenvalue weighted by atomic mass is 9.95. The second-order valence-corrected chi connectivity index (χ2v) is 3.18. The Kier molecular flexibility index (Phi) is 5.93. The van der Waals surface area contributed by atoms with Crippen molar-refractivity contribution >= 4 is 11.9 Å². The number of carboxylic acids is 2.